The van der Waals surface area contributed by atoms with E-state index < -0.39 is 22.9 Å². The van der Waals surface area contributed by atoms with Gasteiger partial charge in [0.25, 0.3) is 5.91 Å². The Kier molecular flexibility index (Phi) is 6.79. The maximum Gasteiger partial charge on any atom is 0.250 e. The number of nitrogens with zero attached hydrogens (tertiary/aromatic N) is 2. The van der Waals surface area contributed by atoms with Gasteiger partial charge in [0.2, 0.25) is 11.8 Å². The summed E-state index contributed by atoms with van der Waals surface area (Å²) in [6.07, 6.45) is 4.05. The molecule has 1 N–H and O–H groups in total. The van der Waals surface area contributed by atoms with Gasteiger partial charge in [-0.2, -0.15) is 0 Å². The summed E-state index contributed by atoms with van der Waals surface area (Å²) in [6.45, 7) is 2.70. The van der Waals surface area contributed by atoms with E-state index in [4.69, 9.17) is 0 Å². The van der Waals surface area contributed by atoms with Crippen LogP contribution in [0.3, 0.4) is 0 Å². The lowest BCUT2D eigenvalue weighted by atomic mass is 10.2. The average molecular weight is 456 g/mol. The number of fused-ring (bicyclic) bond motifs is 1. The van der Waals surface area contributed by atoms with Crippen LogP contribution < -0.4 is 10.2 Å². The van der Waals surface area contributed by atoms with Crippen molar-refractivity contribution in [3.63, 3.8) is 0 Å². The summed E-state index contributed by atoms with van der Waals surface area (Å²) in [5.74, 6) is -1.46. The number of carbonyl (C=O) groups excluding carboxylic acids is 3. The van der Waals surface area contributed by atoms with Gasteiger partial charge in [-0.15, -0.1) is 11.8 Å². The highest BCUT2D eigenvalue weighted by Crippen LogP contribution is 2.39. The third-order valence-electron chi connectivity index (χ3n) is 5.79. The molecule has 8 heteroatoms. The average Bonchev–Trinajstić information content (AvgIpc) is 3.07. The van der Waals surface area contributed by atoms with Crippen molar-refractivity contribution in [3.05, 3.63) is 53.8 Å². The fourth-order valence-corrected chi connectivity index (χ4v) is 5.20. The summed E-state index contributed by atoms with van der Waals surface area (Å²) >= 11 is 1.25. The molecule has 0 spiro atoms. The van der Waals surface area contributed by atoms with E-state index in [0.717, 1.165) is 30.6 Å². The second kappa shape index (κ2) is 9.73. The summed E-state index contributed by atoms with van der Waals surface area (Å²) in [5.41, 5.74) is 1.41. The van der Waals surface area contributed by atoms with Crippen LogP contribution in [0.4, 0.5) is 15.8 Å². The Morgan fingerprint density at radius 1 is 1.09 bits per heavy atom. The van der Waals surface area contributed by atoms with Gasteiger partial charge in [0.05, 0.1) is 5.69 Å². The van der Waals surface area contributed by atoms with Crippen molar-refractivity contribution in [2.24, 2.45) is 0 Å². The summed E-state index contributed by atoms with van der Waals surface area (Å²) in [7, 11) is 0. The van der Waals surface area contributed by atoms with Crippen LogP contribution in [0.5, 0.6) is 0 Å². The molecule has 0 unspecified atom stereocenters. The molecule has 2 aromatic rings. The van der Waals surface area contributed by atoms with Crippen LogP contribution in [-0.4, -0.2) is 47.5 Å². The first-order chi connectivity index (χ1) is 15.4. The number of aryl methyl sites for hydroxylation is 1. The predicted molar refractivity (Wildman–Crippen MR) is 123 cm³/mol. The first kappa shape index (κ1) is 22.3. The molecule has 1 saturated heterocycles. The summed E-state index contributed by atoms with van der Waals surface area (Å²) in [5, 5.41) is 1.74. The van der Waals surface area contributed by atoms with Crippen LogP contribution in [0.2, 0.25) is 0 Å². The number of carbonyl (C=O) groups is 3. The zero-order valence-corrected chi connectivity index (χ0v) is 18.8. The molecule has 4 rings (SSSR count). The van der Waals surface area contributed by atoms with Crippen LogP contribution in [0, 0.1) is 12.7 Å². The normalized spacial score (nSPS) is 18.7. The number of thioether (sulfide) groups is 1. The topological polar surface area (TPSA) is 69.7 Å². The Hall–Kier alpha value is -2.87. The lowest BCUT2D eigenvalue weighted by Gasteiger charge is -2.34. The molecule has 2 aliphatic heterocycles. The Morgan fingerprint density at radius 3 is 2.53 bits per heavy atom. The number of benzene rings is 2. The minimum atomic E-state index is -0.910. The predicted octanol–water partition coefficient (Wildman–Crippen LogP) is 3.98. The standard InChI is InChI=1S/C24H26FN3O3S/c1-16-10-11-17(14-18(16)25)26-21(29)15-28-19-8-4-5-9-20(19)32-22(24(28)31)23(30)27-12-6-2-3-7-13-27/h4-5,8-11,14,22H,2-3,6-7,12-13,15H2,1H3,(H,26,29)/t22-/m0/s1. The van der Waals surface area contributed by atoms with Crippen molar-refractivity contribution in [2.75, 3.05) is 29.9 Å². The largest absolute Gasteiger partial charge is 0.341 e. The number of hydrogen-bond donors (Lipinski definition) is 1. The van der Waals surface area contributed by atoms with E-state index in [9.17, 15) is 18.8 Å². The summed E-state index contributed by atoms with van der Waals surface area (Å²) in [4.78, 5) is 43.3. The van der Waals surface area contributed by atoms with Crippen LogP contribution in [0.25, 0.3) is 0 Å². The number of rotatable bonds is 4. The molecule has 6 nitrogen and oxygen atoms in total. The SMILES string of the molecule is Cc1ccc(NC(=O)CN2C(=O)[C@H](C(=O)N3CCCCCC3)Sc3ccccc32)cc1F. The molecular weight excluding hydrogens is 429 g/mol. The minimum absolute atomic E-state index is 0.192. The van der Waals surface area contributed by atoms with E-state index in [1.54, 1.807) is 36.1 Å². The molecule has 1 atom stereocenters. The third-order valence-corrected chi connectivity index (χ3v) is 7.03. The van der Waals surface area contributed by atoms with Gasteiger partial charge in [0, 0.05) is 23.7 Å². The molecule has 0 bridgehead atoms. The van der Waals surface area contributed by atoms with Crippen LogP contribution in [-0.2, 0) is 14.4 Å². The van der Waals surface area contributed by atoms with Gasteiger partial charge in [0.15, 0.2) is 5.25 Å². The van der Waals surface area contributed by atoms with Crippen LogP contribution >= 0.6 is 11.8 Å². The Morgan fingerprint density at radius 2 is 1.81 bits per heavy atom. The fourth-order valence-electron chi connectivity index (χ4n) is 4.01. The molecule has 2 heterocycles. The highest BCUT2D eigenvalue weighted by Gasteiger charge is 2.40. The van der Waals surface area contributed by atoms with Gasteiger partial charge in [0.1, 0.15) is 12.4 Å². The van der Waals surface area contributed by atoms with Gasteiger partial charge < -0.3 is 15.1 Å². The second-order valence-electron chi connectivity index (χ2n) is 8.14. The number of para-hydroxylation sites is 1. The van der Waals surface area contributed by atoms with Gasteiger partial charge in [-0.25, -0.2) is 4.39 Å². The molecule has 1 fully saturated rings. The number of likely N-dealkylation sites (tertiary alicyclic amines) is 1. The van der Waals surface area contributed by atoms with E-state index in [1.165, 1.54) is 22.7 Å². The lowest BCUT2D eigenvalue weighted by Crippen LogP contribution is -2.51. The van der Waals surface area contributed by atoms with Gasteiger partial charge in [-0.05, 0) is 49.6 Å². The Balaban J connectivity index is 1.54. The van der Waals surface area contributed by atoms with Crippen LogP contribution in [0.15, 0.2) is 47.4 Å². The quantitative estimate of drug-likeness (QED) is 0.708. The third kappa shape index (κ3) is 4.80. The van der Waals surface area contributed by atoms with E-state index in [1.807, 2.05) is 12.1 Å². The maximum absolute atomic E-state index is 13.8. The van der Waals surface area contributed by atoms with Crippen molar-refractivity contribution in [1.29, 1.82) is 0 Å². The number of amides is 3. The smallest absolute Gasteiger partial charge is 0.250 e. The zero-order chi connectivity index (χ0) is 22.7. The van der Waals surface area contributed by atoms with Crippen molar-refractivity contribution in [1.82, 2.24) is 4.90 Å². The van der Waals surface area contributed by atoms with Crippen molar-refractivity contribution in [3.8, 4) is 0 Å². The van der Waals surface area contributed by atoms with E-state index in [-0.39, 0.29) is 12.5 Å². The molecule has 168 valence electrons. The second-order valence-corrected chi connectivity index (χ2v) is 9.29. The number of anilines is 2. The fraction of sp³-hybridized carbons (Fsp3) is 0.375. The van der Waals surface area contributed by atoms with Gasteiger partial charge >= 0.3 is 0 Å². The molecule has 32 heavy (non-hydrogen) atoms. The molecule has 2 aliphatic rings. The number of halogens is 1. The molecule has 2 aromatic carbocycles. The van der Waals surface area contributed by atoms with E-state index in [0.29, 0.717) is 30.0 Å². The number of hydrogen-bond acceptors (Lipinski definition) is 4. The molecule has 0 aliphatic carbocycles. The van der Waals surface area contributed by atoms with Gasteiger partial charge in [-0.1, -0.05) is 31.0 Å². The Labute approximate surface area is 191 Å². The van der Waals surface area contributed by atoms with Crippen molar-refractivity contribution in [2.45, 2.75) is 42.8 Å². The molecule has 3 amide bonds. The Bertz CT molecular complexity index is 1040. The first-order valence-electron chi connectivity index (χ1n) is 10.9. The molecule has 0 aromatic heterocycles. The first-order valence-corrected chi connectivity index (χ1v) is 11.7. The molecule has 0 radical (unpaired) electrons. The molecular formula is C24H26FN3O3S. The van der Waals surface area contributed by atoms with E-state index in [2.05, 4.69) is 5.32 Å². The summed E-state index contributed by atoms with van der Waals surface area (Å²) < 4.78 is 13.8. The lowest BCUT2D eigenvalue weighted by molar-refractivity contribution is -0.135. The molecule has 0 saturated carbocycles. The number of nitrogens with one attached hydrogen (secondary N) is 1. The van der Waals surface area contributed by atoms with Gasteiger partial charge in [-0.3, -0.25) is 14.4 Å². The highest BCUT2D eigenvalue weighted by atomic mass is 32.2. The van der Waals surface area contributed by atoms with Crippen LogP contribution in [0.1, 0.15) is 31.2 Å². The monoisotopic (exact) mass is 455 g/mol. The van der Waals surface area contributed by atoms with Crippen molar-refractivity contribution < 1.29 is 18.8 Å². The minimum Gasteiger partial charge on any atom is -0.341 e. The maximum atomic E-state index is 13.8. The van der Waals surface area contributed by atoms with Crippen molar-refractivity contribution >= 4 is 40.9 Å². The van der Waals surface area contributed by atoms with E-state index >= 15 is 0 Å². The highest BCUT2D eigenvalue weighted by molar-refractivity contribution is 8.01. The zero-order valence-electron chi connectivity index (χ0n) is 18.0. The summed E-state index contributed by atoms with van der Waals surface area (Å²) in [6, 6.07) is 11.7.